The first kappa shape index (κ1) is 20.6. The summed E-state index contributed by atoms with van der Waals surface area (Å²) in [4.78, 5) is 7.29. The van der Waals surface area contributed by atoms with E-state index >= 15 is 0 Å². The molecule has 0 aromatic heterocycles. The Morgan fingerprint density at radius 3 is 2.65 bits per heavy atom. The molecule has 1 heterocycles. The fourth-order valence-corrected chi connectivity index (χ4v) is 2.90. The molecular weight excluding hydrogens is 417 g/mol. The molecule has 0 radical (unpaired) electrons. The van der Waals surface area contributed by atoms with Gasteiger partial charge in [-0.1, -0.05) is 30.3 Å². The molecule has 1 fully saturated rings. The van der Waals surface area contributed by atoms with Crippen molar-refractivity contribution >= 4 is 41.7 Å². The Balaban J connectivity index is 0.00000264. The van der Waals surface area contributed by atoms with Crippen LogP contribution in [0.1, 0.15) is 38.7 Å². The summed E-state index contributed by atoms with van der Waals surface area (Å²) in [6, 6.07) is 10.9. The highest BCUT2D eigenvalue weighted by atomic mass is 127. The summed E-state index contributed by atoms with van der Waals surface area (Å²) in [5, 5.41) is 3.46. The van der Waals surface area contributed by atoms with Crippen molar-refractivity contribution in [2.24, 2.45) is 4.99 Å². The van der Waals surface area contributed by atoms with Gasteiger partial charge in [-0.25, -0.2) is 0 Å². The summed E-state index contributed by atoms with van der Waals surface area (Å²) in [6.45, 7) is 10.6. The van der Waals surface area contributed by atoms with E-state index in [4.69, 9.17) is 4.99 Å². The molecule has 23 heavy (non-hydrogen) atoms. The SMILES string of the molecule is CCNC(=NCC(C)(C)SC)N1CCC(c2ccccc2)C1.I. The van der Waals surface area contributed by atoms with Gasteiger partial charge in [0.15, 0.2) is 5.96 Å². The maximum Gasteiger partial charge on any atom is 0.193 e. The number of likely N-dealkylation sites (tertiary alicyclic amines) is 1. The average Bonchev–Trinajstić information content (AvgIpc) is 3.02. The van der Waals surface area contributed by atoms with E-state index in [2.05, 4.69) is 67.6 Å². The number of hydrogen-bond acceptors (Lipinski definition) is 2. The third-order valence-corrected chi connectivity index (χ3v) is 5.49. The number of halogens is 1. The molecule has 1 aliphatic heterocycles. The van der Waals surface area contributed by atoms with Gasteiger partial charge in [-0.05, 0) is 39.0 Å². The Hall–Kier alpha value is -0.430. The molecular formula is C18H30IN3S. The topological polar surface area (TPSA) is 27.6 Å². The van der Waals surface area contributed by atoms with Crippen molar-refractivity contribution < 1.29 is 0 Å². The van der Waals surface area contributed by atoms with Gasteiger partial charge in [0, 0.05) is 30.3 Å². The smallest absolute Gasteiger partial charge is 0.193 e. The molecule has 2 rings (SSSR count). The second kappa shape index (κ2) is 9.77. The van der Waals surface area contributed by atoms with Crippen molar-refractivity contribution in [1.82, 2.24) is 10.2 Å². The zero-order chi connectivity index (χ0) is 16.0. The lowest BCUT2D eigenvalue weighted by Gasteiger charge is -2.25. The molecule has 0 bridgehead atoms. The maximum atomic E-state index is 4.88. The van der Waals surface area contributed by atoms with E-state index < -0.39 is 0 Å². The number of benzene rings is 1. The van der Waals surface area contributed by atoms with E-state index in [1.165, 1.54) is 12.0 Å². The minimum atomic E-state index is 0. The Labute approximate surface area is 162 Å². The summed E-state index contributed by atoms with van der Waals surface area (Å²) in [7, 11) is 0. The van der Waals surface area contributed by atoms with Crippen LogP contribution in [0.2, 0.25) is 0 Å². The molecule has 3 nitrogen and oxygen atoms in total. The molecule has 1 aromatic rings. The van der Waals surface area contributed by atoms with Gasteiger partial charge in [0.2, 0.25) is 0 Å². The molecule has 5 heteroatoms. The number of guanidine groups is 1. The van der Waals surface area contributed by atoms with Crippen LogP contribution in [0.15, 0.2) is 35.3 Å². The predicted molar refractivity (Wildman–Crippen MR) is 114 cm³/mol. The Morgan fingerprint density at radius 2 is 2.04 bits per heavy atom. The van der Waals surface area contributed by atoms with E-state index in [9.17, 15) is 0 Å². The number of rotatable bonds is 5. The van der Waals surface area contributed by atoms with Gasteiger partial charge in [-0.2, -0.15) is 11.8 Å². The van der Waals surface area contributed by atoms with E-state index in [1.54, 1.807) is 0 Å². The van der Waals surface area contributed by atoms with Crippen molar-refractivity contribution in [2.45, 2.75) is 37.9 Å². The quantitative estimate of drug-likeness (QED) is 0.417. The summed E-state index contributed by atoms with van der Waals surface area (Å²) < 4.78 is 0.194. The van der Waals surface area contributed by atoms with Crippen LogP contribution in [0, 0.1) is 0 Å². The highest BCUT2D eigenvalue weighted by Gasteiger charge is 2.26. The van der Waals surface area contributed by atoms with E-state index in [1.807, 2.05) is 11.8 Å². The van der Waals surface area contributed by atoms with Crippen molar-refractivity contribution in [3.63, 3.8) is 0 Å². The Bertz CT molecular complexity index is 490. The molecule has 1 aliphatic rings. The first-order chi connectivity index (χ1) is 10.6. The van der Waals surface area contributed by atoms with Crippen molar-refractivity contribution in [3.8, 4) is 0 Å². The number of nitrogens with zero attached hydrogens (tertiary/aromatic N) is 2. The number of aliphatic imine (C=N–C) groups is 1. The summed E-state index contributed by atoms with van der Waals surface area (Å²) in [5.74, 6) is 1.70. The molecule has 1 N–H and O–H groups in total. The van der Waals surface area contributed by atoms with Crippen LogP contribution in [0.4, 0.5) is 0 Å². The monoisotopic (exact) mass is 447 g/mol. The second-order valence-corrected chi connectivity index (χ2v) is 7.99. The van der Waals surface area contributed by atoms with Crippen LogP contribution in [-0.2, 0) is 0 Å². The van der Waals surface area contributed by atoms with Gasteiger partial charge in [0.1, 0.15) is 0 Å². The third-order valence-electron chi connectivity index (χ3n) is 4.26. The normalized spacial score (nSPS) is 18.7. The number of thioether (sulfide) groups is 1. The number of hydrogen-bond donors (Lipinski definition) is 1. The van der Waals surface area contributed by atoms with Crippen molar-refractivity contribution in [3.05, 3.63) is 35.9 Å². The minimum absolute atomic E-state index is 0. The van der Waals surface area contributed by atoms with Crippen LogP contribution in [0.5, 0.6) is 0 Å². The van der Waals surface area contributed by atoms with Crippen LogP contribution >= 0.6 is 35.7 Å². The Kier molecular flexibility index (Phi) is 8.75. The minimum Gasteiger partial charge on any atom is -0.357 e. The van der Waals surface area contributed by atoms with Crippen LogP contribution in [0.3, 0.4) is 0 Å². The van der Waals surface area contributed by atoms with E-state index in [0.29, 0.717) is 5.92 Å². The van der Waals surface area contributed by atoms with Crippen molar-refractivity contribution in [2.75, 3.05) is 32.4 Å². The van der Waals surface area contributed by atoms with Crippen LogP contribution < -0.4 is 5.32 Å². The van der Waals surface area contributed by atoms with Crippen LogP contribution in [-0.4, -0.2) is 48.0 Å². The highest BCUT2D eigenvalue weighted by molar-refractivity contribution is 14.0. The fraction of sp³-hybridized carbons (Fsp3) is 0.611. The molecule has 1 aromatic carbocycles. The fourth-order valence-electron chi connectivity index (χ4n) is 2.71. The van der Waals surface area contributed by atoms with Gasteiger partial charge in [-0.15, -0.1) is 24.0 Å². The molecule has 1 unspecified atom stereocenters. The molecule has 0 aliphatic carbocycles. The van der Waals surface area contributed by atoms with Gasteiger partial charge in [-0.3, -0.25) is 4.99 Å². The lowest BCUT2D eigenvalue weighted by Crippen LogP contribution is -2.40. The maximum absolute atomic E-state index is 4.88. The summed E-state index contributed by atoms with van der Waals surface area (Å²) in [5.41, 5.74) is 1.45. The molecule has 1 atom stereocenters. The average molecular weight is 447 g/mol. The second-order valence-electron chi connectivity index (χ2n) is 6.48. The largest absolute Gasteiger partial charge is 0.357 e. The number of nitrogens with one attached hydrogen (secondary N) is 1. The first-order valence-electron chi connectivity index (χ1n) is 8.19. The van der Waals surface area contributed by atoms with Gasteiger partial charge < -0.3 is 10.2 Å². The zero-order valence-electron chi connectivity index (χ0n) is 14.7. The standard InChI is InChI=1S/C18H29N3S.HI/c1-5-19-17(20-14-18(2,3)22-4)21-12-11-16(13-21)15-9-7-6-8-10-15;/h6-10,16H,5,11-14H2,1-4H3,(H,19,20);1H. The Morgan fingerprint density at radius 1 is 1.35 bits per heavy atom. The van der Waals surface area contributed by atoms with Gasteiger partial charge in [0.05, 0.1) is 6.54 Å². The summed E-state index contributed by atoms with van der Waals surface area (Å²) >= 11 is 1.87. The molecule has 0 saturated carbocycles. The highest BCUT2D eigenvalue weighted by Crippen LogP contribution is 2.27. The lowest BCUT2D eigenvalue weighted by molar-refractivity contribution is 0.484. The third kappa shape index (κ3) is 6.18. The predicted octanol–water partition coefficient (Wildman–Crippen LogP) is 4.20. The van der Waals surface area contributed by atoms with Crippen molar-refractivity contribution in [1.29, 1.82) is 0 Å². The first-order valence-corrected chi connectivity index (χ1v) is 9.41. The van der Waals surface area contributed by atoms with E-state index in [-0.39, 0.29) is 28.7 Å². The molecule has 0 amide bonds. The van der Waals surface area contributed by atoms with Crippen LogP contribution in [0.25, 0.3) is 0 Å². The zero-order valence-corrected chi connectivity index (χ0v) is 17.9. The molecule has 0 spiro atoms. The molecule has 1 saturated heterocycles. The molecule has 130 valence electrons. The lowest BCUT2D eigenvalue weighted by atomic mass is 9.99. The summed E-state index contributed by atoms with van der Waals surface area (Å²) in [6.07, 6.45) is 3.37. The van der Waals surface area contributed by atoms with Gasteiger partial charge >= 0.3 is 0 Å². The van der Waals surface area contributed by atoms with Gasteiger partial charge in [0.25, 0.3) is 0 Å². The van der Waals surface area contributed by atoms with E-state index in [0.717, 1.165) is 32.1 Å².